The molecule has 2 aromatic carbocycles. The molecule has 0 atom stereocenters. The van der Waals surface area contributed by atoms with E-state index in [9.17, 15) is 9.59 Å². The highest BCUT2D eigenvalue weighted by molar-refractivity contribution is 6.30. The lowest BCUT2D eigenvalue weighted by Crippen LogP contribution is -2.40. The Kier molecular flexibility index (Phi) is 4.12. The molecule has 6 nitrogen and oxygen atoms in total. The topological polar surface area (TPSA) is 60.1 Å². The van der Waals surface area contributed by atoms with Crippen molar-refractivity contribution in [2.75, 3.05) is 6.54 Å². The Hall–Kier alpha value is -2.86. The zero-order valence-electron chi connectivity index (χ0n) is 14.2. The lowest BCUT2D eigenvalue weighted by Gasteiger charge is -2.26. The molecular formula is C19H17ClN4O2. The normalized spacial score (nSPS) is 13.5. The predicted octanol–water partition coefficient (Wildman–Crippen LogP) is 2.65. The van der Waals surface area contributed by atoms with Gasteiger partial charge in [-0.25, -0.2) is 4.79 Å². The number of fused-ring (bicyclic) bond motifs is 1. The fourth-order valence-corrected chi connectivity index (χ4v) is 3.18. The molecule has 0 spiro atoms. The first-order valence-electron chi connectivity index (χ1n) is 8.33. The minimum Gasteiger partial charge on any atom is -0.329 e. The number of hydrogen-bond acceptors (Lipinski definition) is 3. The van der Waals surface area contributed by atoms with E-state index >= 15 is 0 Å². The maximum absolute atomic E-state index is 12.7. The van der Waals surface area contributed by atoms with Crippen molar-refractivity contribution in [3.8, 4) is 5.69 Å². The summed E-state index contributed by atoms with van der Waals surface area (Å²) in [6.07, 6.45) is 0. The van der Waals surface area contributed by atoms with Crippen LogP contribution < -0.4 is 5.69 Å². The maximum atomic E-state index is 12.7. The summed E-state index contributed by atoms with van der Waals surface area (Å²) in [5.41, 5.74) is 2.20. The molecule has 2 heterocycles. The molecule has 1 amide bonds. The van der Waals surface area contributed by atoms with Gasteiger partial charge in [0.25, 0.3) is 5.91 Å². The molecule has 0 radical (unpaired) electrons. The van der Waals surface area contributed by atoms with E-state index in [0.717, 1.165) is 5.56 Å². The highest BCUT2D eigenvalue weighted by Gasteiger charge is 2.26. The summed E-state index contributed by atoms with van der Waals surface area (Å²) in [7, 11) is 0. The van der Waals surface area contributed by atoms with E-state index < -0.39 is 0 Å². The van der Waals surface area contributed by atoms with Crippen LogP contribution in [0.3, 0.4) is 0 Å². The molecule has 0 aliphatic carbocycles. The molecule has 1 aliphatic heterocycles. The molecule has 1 aliphatic rings. The van der Waals surface area contributed by atoms with Crippen LogP contribution in [0.2, 0.25) is 5.02 Å². The smallest absolute Gasteiger partial charge is 0.329 e. The van der Waals surface area contributed by atoms with Crippen molar-refractivity contribution in [1.82, 2.24) is 19.2 Å². The molecule has 4 rings (SSSR count). The number of amides is 1. The molecular weight excluding hydrogens is 352 g/mol. The van der Waals surface area contributed by atoms with Crippen LogP contribution >= 0.6 is 11.6 Å². The zero-order chi connectivity index (χ0) is 18.3. The van der Waals surface area contributed by atoms with Crippen molar-refractivity contribution in [2.45, 2.75) is 20.0 Å². The summed E-state index contributed by atoms with van der Waals surface area (Å²) in [6.45, 7) is 3.20. The second-order valence-electron chi connectivity index (χ2n) is 6.33. The van der Waals surface area contributed by atoms with Crippen LogP contribution in [0.4, 0.5) is 0 Å². The number of carbonyl (C=O) groups excluding carboxylic acids is 1. The van der Waals surface area contributed by atoms with E-state index in [-0.39, 0.29) is 11.6 Å². The third-order valence-electron chi connectivity index (χ3n) is 4.52. The third kappa shape index (κ3) is 2.93. The third-order valence-corrected chi connectivity index (χ3v) is 4.77. The summed E-state index contributed by atoms with van der Waals surface area (Å²) in [4.78, 5) is 27.0. The summed E-state index contributed by atoms with van der Waals surface area (Å²) in [6, 6.07) is 14.4. The first-order chi connectivity index (χ1) is 12.5. The Labute approximate surface area is 155 Å². The predicted molar refractivity (Wildman–Crippen MR) is 98.8 cm³/mol. The first-order valence-corrected chi connectivity index (χ1v) is 8.71. The highest BCUT2D eigenvalue weighted by Crippen LogP contribution is 2.16. The van der Waals surface area contributed by atoms with Crippen molar-refractivity contribution >= 4 is 17.5 Å². The van der Waals surface area contributed by atoms with Crippen LogP contribution in [0.25, 0.3) is 5.69 Å². The minimum atomic E-state index is -0.204. The zero-order valence-corrected chi connectivity index (χ0v) is 15.0. The van der Waals surface area contributed by atoms with Crippen molar-refractivity contribution in [3.63, 3.8) is 0 Å². The van der Waals surface area contributed by atoms with Gasteiger partial charge in [0.1, 0.15) is 0 Å². The second-order valence-corrected chi connectivity index (χ2v) is 6.77. The van der Waals surface area contributed by atoms with Gasteiger partial charge in [0.2, 0.25) is 0 Å². The van der Waals surface area contributed by atoms with Gasteiger partial charge in [0.15, 0.2) is 5.82 Å². The van der Waals surface area contributed by atoms with E-state index in [1.54, 1.807) is 33.7 Å². The van der Waals surface area contributed by atoms with Crippen molar-refractivity contribution in [2.24, 2.45) is 0 Å². The van der Waals surface area contributed by atoms with Gasteiger partial charge in [0.05, 0.1) is 12.2 Å². The maximum Gasteiger partial charge on any atom is 0.350 e. The lowest BCUT2D eigenvalue weighted by atomic mass is 10.1. The van der Waals surface area contributed by atoms with E-state index in [1.807, 2.05) is 31.2 Å². The fourth-order valence-electron chi connectivity index (χ4n) is 3.05. The van der Waals surface area contributed by atoms with E-state index in [4.69, 9.17) is 11.6 Å². The SMILES string of the molecule is Cc1ccc(C(=O)N2CCn3c(nn(-c4ccc(Cl)cc4)c3=O)C2)cc1. The Balaban J connectivity index is 1.62. The largest absolute Gasteiger partial charge is 0.350 e. The number of carbonyl (C=O) groups is 1. The van der Waals surface area contributed by atoms with E-state index in [1.165, 1.54) is 4.68 Å². The Morgan fingerprint density at radius 1 is 1.04 bits per heavy atom. The number of hydrogen-bond donors (Lipinski definition) is 0. The molecule has 0 saturated heterocycles. The van der Waals surface area contributed by atoms with Gasteiger partial charge in [-0.1, -0.05) is 29.3 Å². The average molecular weight is 369 g/mol. The van der Waals surface area contributed by atoms with Gasteiger partial charge >= 0.3 is 5.69 Å². The molecule has 132 valence electrons. The molecule has 3 aromatic rings. The molecule has 0 unspecified atom stereocenters. The van der Waals surface area contributed by atoms with Gasteiger partial charge in [0, 0.05) is 23.7 Å². The van der Waals surface area contributed by atoms with Gasteiger partial charge in [-0.15, -0.1) is 5.10 Å². The van der Waals surface area contributed by atoms with Crippen LogP contribution in [-0.2, 0) is 13.1 Å². The number of benzene rings is 2. The van der Waals surface area contributed by atoms with Crippen molar-refractivity contribution < 1.29 is 4.79 Å². The van der Waals surface area contributed by atoms with Crippen LogP contribution in [0.15, 0.2) is 53.3 Å². The number of aromatic nitrogens is 3. The molecule has 1 aromatic heterocycles. The molecule has 7 heteroatoms. The molecule has 0 saturated carbocycles. The van der Waals surface area contributed by atoms with E-state index in [2.05, 4.69) is 5.10 Å². The standard InChI is InChI=1S/C19H17ClN4O2/c1-13-2-4-14(5-3-13)18(25)22-10-11-23-17(12-22)21-24(19(23)26)16-8-6-15(20)7-9-16/h2-9H,10-12H2,1H3. The fraction of sp³-hybridized carbons (Fsp3) is 0.211. The highest BCUT2D eigenvalue weighted by atomic mass is 35.5. The quantitative estimate of drug-likeness (QED) is 0.698. The van der Waals surface area contributed by atoms with Crippen LogP contribution in [0, 0.1) is 6.92 Å². The molecule has 0 fully saturated rings. The Bertz CT molecular complexity index is 1020. The van der Waals surface area contributed by atoms with Crippen molar-refractivity contribution in [1.29, 1.82) is 0 Å². The van der Waals surface area contributed by atoms with Crippen LogP contribution in [-0.4, -0.2) is 31.7 Å². The Morgan fingerprint density at radius 3 is 2.42 bits per heavy atom. The van der Waals surface area contributed by atoms with Gasteiger partial charge in [-0.05, 0) is 43.3 Å². The van der Waals surface area contributed by atoms with E-state index in [0.29, 0.717) is 41.7 Å². The minimum absolute atomic E-state index is 0.0512. The summed E-state index contributed by atoms with van der Waals surface area (Å²) in [5.74, 6) is 0.529. The van der Waals surface area contributed by atoms with Crippen molar-refractivity contribution in [3.05, 3.63) is 81.0 Å². The molecule has 26 heavy (non-hydrogen) atoms. The first kappa shape index (κ1) is 16.6. The van der Waals surface area contributed by atoms with Gasteiger partial charge < -0.3 is 4.90 Å². The number of rotatable bonds is 2. The number of nitrogens with zero attached hydrogens (tertiary/aromatic N) is 4. The van der Waals surface area contributed by atoms with Gasteiger partial charge in [-0.3, -0.25) is 9.36 Å². The summed E-state index contributed by atoms with van der Waals surface area (Å²) < 4.78 is 2.97. The number of halogens is 1. The van der Waals surface area contributed by atoms with Crippen LogP contribution in [0.1, 0.15) is 21.7 Å². The molecule has 0 N–H and O–H groups in total. The average Bonchev–Trinajstić information content (AvgIpc) is 2.98. The van der Waals surface area contributed by atoms with Crippen LogP contribution in [0.5, 0.6) is 0 Å². The monoisotopic (exact) mass is 368 g/mol. The summed E-state index contributed by atoms with van der Waals surface area (Å²) in [5, 5.41) is 5.02. The van der Waals surface area contributed by atoms with Gasteiger partial charge in [-0.2, -0.15) is 4.68 Å². The molecule has 0 bridgehead atoms. The lowest BCUT2D eigenvalue weighted by molar-refractivity contribution is 0.0706. The Morgan fingerprint density at radius 2 is 1.73 bits per heavy atom. The second kappa shape index (κ2) is 6.46. The number of aryl methyl sites for hydroxylation is 1. The summed E-state index contributed by atoms with van der Waals surface area (Å²) >= 11 is 5.90.